The van der Waals surface area contributed by atoms with Gasteiger partial charge in [0.25, 0.3) is 11.1 Å². The van der Waals surface area contributed by atoms with Gasteiger partial charge in [0.15, 0.2) is 0 Å². The summed E-state index contributed by atoms with van der Waals surface area (Å²) in [5.74, 6) is 0.806. The Bertz CT molecular complexity index is 791. The van der Waals surface area contributed by atoms with Crippen LogP contribution in [0.3, 0.4) is 0 Å². The zero-order valence-electron chi connectivity index (χ0n) is 13.9. The summed E-state index contributed by atoms with van der Waals surface area (Å²) in [5.41, 5.74) is 0.945. The fraction of sp³-hybridized carbons (Fsp3) is 0.353. The van der Waals surface area contributed by atoms with Crippen molar-refractivity contribution >= 4 is 52.7 Å². The molecule has 0 radical (unpaired) electrons. The molecule has 1 fully saturated rings. The van der Waals surface area contributed by atoms with E-state index in [1.54, 1.807) is 18.0 Å². The summed E-state index contributed by atoms with van der Waals surface area (Å²) in [6.07, 6.45) is 8.12. The number of carbonyl (C=O) groups is 2. The molecular formula is C17H20ClN3O2S2. The molecule has 2 aromatic heterocycles. The molecule has 3 rings (SSSR count). The van der Waals surface area contributed by atoms with E-state index >= 15 is 0 Å². The van der Waals surface area contributed by atoms with Crippen LogP contribution in [0.4, 0.5) is 4.79 Å². The van der Waals surface area contributed by atoms with Crippen LogP contribution in [0.15, 0.2) is 46.6 Å². The molecular weight excluding hydrogens is 378 g/mol. The number of imide groups is 1. The summed E-state index contributed by atoms with van der Waals surface area (Å²) in [4.78, 5) is 30.2. The summed E-state index contributed by atoms with van der Waals surface area (Å²) in [7, 11) is 0. The average molecular weight is 398 g/mol. The summed E-state index contributed by atoms with van der Waals surface area (Å²) < 4.78 is 2.07. The number of allylic oxidation sites excluding steroid dienone is 1. The van der Waals surface area contributed by atoms with Gasteiger partial charge in [-0.2, -0.15) is 0 Å². The van der Waals surface area contributed by atoms with E-state index in [9.17, 15) is 9.59 Å². The van der Waals surface area contributed by atoms with Crippen molar-refractivity contribution in [2.45, 2.75) is 31.2 Å². The van der Waals surface area contributed by atoms with E-state index in [0.29, 0.717) is 11.4 Å². The molecule has 0 bridgehead atoms. The van der Waals surface area contributed by atoms with Crippen LogP contribution in [0.5, 0.6) is 0 Å². The molecule has 0 saturated carbocycles. The molecule has 25 heavy (non-hydrogen) atoms. The van der Waals surface area contributed by atoms with Crippen molar-refractivity contribution in [1.82, 2.24) is 14.3 Å². The Kier molecular flexibility index (Phi) is 7.40. The van der Waals surface area contributed by atoms with Gasteiger partial charge in [-0.05, 0) is 48.9 Å². The molecule has 8 heteroatoms. The Balaban J connectivity index is 0.00000225. The zero-order valence-corrected chi connectivity index (χ0v) is 16.3. The van der Waals surface area contributed by atoms with Gasteiger partial charge >= 0.3 is 0 Å². The summed E-state index contributed by atoms with van der Waals surface area (Å²) in [6, 6.07) is 6.06. The van der Waals surface area contributed by atoms with Gasteiger partial charge in [0.2, 0.25) is 0 Å². The number of fused-ring (bicyclic) bond motifs is 1. The largest absolute Gasteiger partial charge is 0.294 e. The van der Waals surface area contributed by atoms with Crippen LogP contribution in [0.1, 0.15) is 26.2 Å². The van der Waals surface area contributed by atoms with Gasteiger partial charge in [0.1, 0.15) is 5.65 Å². The van der Waals surface area contributed by atoms with Gasteiger partial charge in [-0.15, -0.1) is 24.2 Å². The molecule has 0 aromatic carbocycles. The lowest BCUT2D eigenvalue weighted by Crippen LogP contribution is -2.29. The first-order chi connectivity index (χ1) is 11.7. The lowest BCUT2D eigenvalue weighted by molar-refractivity contribution is -0.122. The van der Waals surface area contributed by atoms with Crippen molar-refractivity contribution in [2.24, 2.45) is 0 Å². The maximum absolute atomic E-state index is 12.1. The maximum Gasteiger partial charge on any atom is 0.293 e. The average Bonchev–Trinajstić information content (AvgIpc) is 3.15. The summed E-state index contributed by atoms with van der Waals surface area (Å²) >= 11 is 2.82. The fourth-order valence-electron chi connectivity index (χ4n) is 2.50. The number of hydrogen-bond acceptors (Lipinski definition) is 5. The first-order valence-corrected chi connectivity index (χ1v) is 9.79. The highest BCUT2D eigenvalue weighted by molar-refractivity contribution is 8.18. The van der Waals surface area contributed by atoms with Gasteiger partial charge in [0.05, 0.1) is 9.93 Å². The molecule has 0 aliphatic carbocycles. The predicted octanol–water partition coefficient (Wildman–Crippen LogP) is 4.62. The van der Waals surface area contributed by atoms with Crippen LogP contribution in [0.25, 0.3) is 5.65 Å². The lowest BCUT2D eigenvalue weighted by Gasteiger charge is -2.12. The number of rotatable bonds is 7. The molecule has 0 spiro atoms. The first-order valence-electron chi connectivity index (χ1n) is 7.99. The summed E-state index contributed by atoms with van der Waals surface area (Å²) in [5, 5.41) is 1.01. The van der Waals surface area contributed by atoms with Crippen LogP contribution in [-0.4, -0.2) is 37.7 Å². The Hall–Kier alpha value is -1.44. The van der Waals surface area contributed by atoms with Crippen molar-refractivity contribution < 1.29 is 9.59 Å². The molecule has 1 saturated heterocycles. The minimum atomic E-state index is -0.143. The first kappa shape index (κ1) is 19.9. The predicted molar refractivity (Wildman–Crippen MR) is 105 cm³/mol. The molecule has 1 aliphatic rings. The van der Waals surface area contributed by atoms with Crippen molar-refractivity contribution in [3.05, 3.63) is 41.6 Å². The van der Waals surface area contributed by atoms with Crippen LogP contribution in [0, 0.1) is 0 Å². The molecule has 0 N–H and O–H groups in total. The molecule has 3 heterocycles. The second-order valence-corrected chi connectivity index (χ2v) is 7.48. The molecule has 2 aromatic rings. The van der Waals surface area contributed by atoms with E-state index in [1.165, 1.54) is 4.90 Å². The quantitative estimate of drug-likeness (QED) is 0.387. The smallest absolute Gasteiger partial charge is 0.293 e. The lowest BCUT2D eigenvalue weighted by atomic mass is 10.3. The maximum atomic E-state index is 12.1. The topological polar surface area (TPSA) is 54.7 Å². The van der Waals surface area contributed by atoms with Gasteiger partial charge in [-0.1, -0.05) is 19.1 Å². The van der Waals surface area contributed by atoms with Gasteiger partial charge in [-0.25, -0.2) is 4.98 Å². The van der Waals surface area contributed by atoms with Crippen molar-refractivity contribution in [2.75, 3.05) is 12.3 Å². The van der Waals surface area contributed by atoms with E-state index in [-0.39, 0.29) is 23.6 Å². The minimum Gasteiger partial charge on any atom is -0.294 e. The number of aromatic nitrogens is 2. The SMILES string of the molecule is CCC=C1SC(=O)N(CCCCSc2cccc3nccn23)C1=O.Cl. The van der Waals surface area contributed by atoms with Crippen LogP contribution in [-0.2, 0) is 4.79 Å². The Morgan fingerprint density at radius 2 is 2.12 bits per heavy atom. The molecule has 5 nitrogen and oxygen atoms in total. The Morgan fingerprint density at radius 3 is 2.92 bits per heavy atom. The third-order valence-corrected chi connectivity index (χ3v) is 5.76. The van der Waals surface area contributed by atoms with Crippen LogP contribution < -0.4 is 0 Å². The molecule has 1 aliphatic heterocycles. The van der Waals surface area contributed by atoms with E-state index in [2.05, 4.69) is 15.5 Å². The van der Waals surface area contributed by atoms with E-state index in [1.807, 2.05) is 31.3 Å². The normalized spacial score (nSPS) is 16.0. The summed E-state index contributed by atoms with van der Waals surface area (Å²) in [6.45, 7) is 2.47. The number of carbonyl (C=O) groups excluding carboxylic acids is 2. The van der Waals surface area contributed by atoms with Crippen molar-refractivity contribution in [3.8, 4) is 0 Å². The number of unbranched alkanes of at least 4 members (excludes halogenated alkanes) is 1. The number of thioether (sulfide) groups is 2. The Morgan fingerprint density at radius 1 is 1.28 bits per heavy atom. The third kappa shape index (κ3) is 4.59. The molecule has 134 valence electrons. The van der Waals surface area contributed by atoms with E-state index < -0.39 is 0 Å². The number of hydrogen-bond donors (Lipinski definition) is 0. The highest BCUT2D eigenvalue weighted by Crippen LogP contribution is 2.31. The second kappa shape index (κ2) is 9.31. The monoisotopic (exact) mass is 397 g/mol. The highest BCUT2D eigenvalue weighted by Gasteiger charge is 2.33. The fourth-order valence-corrected chi connectivity index (χ4v) is 4.45. The highest BCUT2D eigenvalue weighted by atomic mass is 35.5. The van der Waals surface area contributed by atoms with Gasteiger partial charge in [0, 0.05) is 18.9 Å². The standard InChI is InChI=1S/C17H19N3O2S2.ClH/c1-2-6-13-16(21)20(17(22)24-13)10-3-4-12-23-15-8-5-7-14-18-9-11-19(14)15;/h5-9,11H,2-4,10,12H2,1H3;1H. The van der Waals surface area contributed by atoms with E-state index in [4.69, 9.17) is 0 Å². The van der Waals surface area contributed by atoms with Crippen molar-refractivity contribution in [3.63, 3.8) is 0 Å². The van der Waals surface area contributed by atoms with Crippen LogP contribution >= 0.6 is 35.9 Å². The Labute approximate surface area is 161 Å². The van der Waals surface area contributed by atoms with Gasteiger partial charge < -0.3 is 0 Å². The number of nitrogens with zero attached hydrogens (tertiary/aromatic N) is 3. The number of halogens is 1. The van der Waals surface area contributed by atoms with Crippen LogP contribution in [0.2, 0.25) is 0 Å². The molecule has 0 unspecified atom stereocenters. The number of amides is 2. The molecule has 0 atom stereocenters. The molecule has 2 amide bonds. The number of imidazole rings is 1. The second-order valence-electron chi connectivity index (χ2n) is 5.38. The zero-order chi connectivity index (χ0) is 16.9. The van der Waals surface area contributed by atoms with Crippen molar-refractivity contribution in [1.29, 1.82) is 0 Å². The minimum absolute atomic E-state index is 0. The van der Waals surface area contributed by atoms with Gasteiger partial charge in [-0.3, -0.25) is 18.9 Å². The number of pyridine rings is 1. The third-order valence-electron chi connectivity index (χ3n) is 3.68. The van der Waals surface area contributed by atoms with E-state index in [0.717, 1.165) is 47.5 Å².